The largest absolute Gasteiger partial charge is 0.480 e. The summed E-state index contributed by atoms with van der Waals surface area (Å²) < 4.78 is 32.7. The maximum absolute atomic E-state index is 12.6. The number of carbonyl (C=O) groups excluding carboxylic acids is 2. The zero-order valence-corrected chi connectivity index (χ0v) is 36.8. The normalized spacial score (nSPS) is 14.0. The van der Waals surface area contributed by atoms with Crippen LogP contribution in [0.1, 0.15) is 200 Å². The maximum atomic E-state index is 12.6. The second kappa shape index (κ2) is 40.5. The molecule has 11 nitrogen and oxygen atoms in total. The fourth-order valence-corrected chi connectivity index (χ4v) is 6.85. The standard InChI is InChI=1S/C45H82NO10P/c1-3-5-7-9-11-13-15-17-19-21-23-24-26-28-30-32-34-36-43(47)53-38-41(39-54-57(51,52)55-40-42(46)45(49)50)56-44(48)37-35-33-31-29-27-25-22-20-18-16-14-12-10-8-6-4-2/h11,13,17,19,23-24,41-42H,3-10,12,14-16,18,20-22,25-40,46H2,1-2H3,(H,49,50)(H,51,52)/b13-11+,19-17+,24-23+/t41-,42+/m1/s1. The van der Waals surface area contributed by atoms with Crippen molar-refractivity contribution in [2.75, 3.05) is 19.8 Å². The molecule has 0 fully saturated rings. The van der Waals surface area contributed by atoms with Crippen LogP contribution in [0.3, 0.4) is 0 Å². The number of aliphatic carboxylic acids is 1. The van der Waals surface area contributed by atoms with E-state index in [2.05, 4.69) is 54.8 Å². The molecule has 0 aromatic carbocycles. The number of phosphoric acid groups is 1. The Morgan fingerprint density at radius 3 is 1.42 bits per heavy atom. The summed E-state index contributed by atoms with van der Waals surface area (Å²) in [5.74, 6) is -2.40. The van der Waals surface area contributed by atoms with Gasteiger partial charge in [0.15, 0.2) is 6.10 Å². The van der Waals surface area contributed by atoms with E-state index in [9.17, 15) is 23.8 Å². The van der Waals surface area contributed by atoms with Crippen LogP contribution in [0, 0.1) is 0 Å². The van der Waals surface area contributed by atoms with Gasteiger partial charge in [-0.15, -0.1) is 0 Å². The molecule has 0 radical (unpaired) electrons. The predicted molar refractivity (Wildman–Crippen MR) is 231 cm³/mol. The first kappa shape index (κ1) is 54.7. The zero-order chi connectivity index (χ0) is 42.1. The molecule has 0 saturated carbocycles. The molecule has 3 atom stereocenters. The van der Waals surface area contributed by atoms with Crippen molar-refractivity contribution in [1.29, 1.82) is 0 Å². The third-order valence-electron chi connectivity index (χ3n) is 9.64. The molecule has 0 saturated heterocycles. The molecule has 332 valence electrons. The number of phosphoric ester groups is 1. The van der Waals surface area contributed by atoms with E-state index in [1.165, 1.54) is 103 Å². The number of ether oxygens (including phenoxy) is 2. The Balaban J connectivity index is 4.37. The third-order valence-corrected chi connectivity index (χ3v) is 10.6. The van der Waals surface area contributed by atoms with Crippen molar-refractivity contribution in [1.82, 2.24) is 0 Å². The summed E-state index contributed by atoms with van der Waals surface area (Å²) in [6.07, 6.45) is 43.4. The van der Waals surface area contributed by atoms with E-state index < -0.39 is 51.1 Å². The Hall–Kier alpha value is -2.30. The Bertz CT molecular complexity index is 1110. The summed E-state index contributed by atoms with van der Waals surface area (Å²) in [6, 6.07) is -1.52. The summed E-state index contributed by atoms with van der Waals surface area (Å²) in [5, 5.41) is 8.89. The van der Waals surface area contributed by atoms with Gasteiger partial charge in [0.05, 0.1) is 13.2 Å². The molecule has 0 aromatic rings. The number of carboxylic acid groups (broad SMARTS) is 1. The first-order chi connectivity index (χ1) is 27.6. The lowest BCUT2D eigenvalue weighted by Crippen LogP contribution is -2.34. The molecule has 0 spiro atoms. The highest BCUT2D eigenvalue weighted by Crippen LogP contribution is 2.43. The van der Waals surface area contributed by atoms with Gasteiger partial charge in [0.25, 0.3) is 0 Å². The average Bonchev–Trinajstić information content (AvgIpc) is 3.19. The van der Waals surface area contributed by atoms with Crippen molar-refractivity contribution in [3.63, 3.8) is 0 Å². The number of allylic oxidation sites excluding steroid dienone is 6. The molecule has 1 unspecified atom stereocenters. The van der Waals surface area contributed by atoms with E-state index in [-0.39, 0.29) is 19.4 Å². The molecular formula is C45H82NO10P. The molecule has 0 rings (SSSR count). The molecule has 0 aliphatic heterocycles. The molecule has 4 N–H and O–H groups in total. The van der Waals surface area contributed by atoms with Crippen LogP contribution >= 0.6 is 7.82 Å². The first-order valence-electron chi connectivity index (χ1n) is 22.5. The van der Waals surface area contributed by atoms with E-state index >= 15 is 0 Å². The lowest BCUT2D eigenvalue weighted by Gasteiger charge is -2.20. The van der Waals surface area contributed by atoms with E-state index in [1.54, 1.807) is 0 Å². The number of carboxylic acids is 1. The molecule has 57 heavy (non-hydrogen) atoms. The summed E-state index contributed by atoms with van der Waals surface area (Å²) in [4.78, 5) is 46.0. The second-order valence-electron chi connectivity index (χ2n) is 15.2. The van der Waals surface area contributed by atoms with Gasteiger partial charge in [-0.3, -0.25) is 23.4 Å². The number of esters is 2. The summed E-state index contributed by atoms with van der Waals surface area (Å²) in [5.41, 5.74) is 5.33. The van der Waals surface area contributed by atoms with Crippen molar-refractivity contribution in [2.24, 2.45) is 5.73 Å². The molecule has 0 amide bonds. The molecule has 0 aliphatic carbocycles. The van der Waals surface area contributed by atoms with E-state index in [4.69, 9.17) is 24.8 Å². The van der Waals surface area contributed by atoms with Gasteiger partial charge in [-0.1, -0.05) is 172 Å². The van der Waals surface area contributed by atoms with Gasteiger partial charge in [0, 0.05) is 12.8 Å². The number of unbranched alkanes of at least 4 members (excludes halogenated alkanes) is 22. The Morgan fingerprint density at radius 2 is 0.930 bits per heavy atom. The number of hydrogen-bond acceptors (Lipinski definition) is 9. The number of carbonyl (C=O) groups is 3. The topological polar surface area (TPSA) is 172 Å². The van der Waals surface area contributed by atoms with Crippen molar-refractivity contribution < 1.29 is 47.5 Å². The highest BCUT2D eigenvalue weighted by atomic mass is 31.2. The minimum absolute atomic E-state index is 0.159. The third kappa shape index (κ3) is 40.3. The fourth-order valence-electron chi connectivity index (χ4n) is 6.07. The lowest BCUT2D eigenvalue weighted by molar-refractivity contribution is -0.161. The van der Waals surface area contributed by atoms with E-state index in [0.717, 1.165) is 57.8 Å². The summed E-state index contributed by atoms with van der Waals surface area (Å²) in [6.45, 7) is 2.77. The molecular weight excluding hydrogens is 745 g/mol. The Morgan fingerprint density at radius 1 is 0.544 bits per heavy atom. The predicted octanol–water partition coefficient (Wildman–Crippen LogP) is 12.0. The van der Waals surface area contributed by atoms with Gasteiger partial charge in [-0.25, -0.2) is 4.57 Å². The SMILES string of the molecule is CCCCC/C=C/C/C=C/C/C=C/CCCCCCC(=O)OC[C@H](COP(=O)(O)OC[C@H](N)C(=O)O)OC(=O)CCCCCCCCCCCCCCCCCC. The maximum Gasteiger partial charge on any atom is 0.472 e. The van der Waals surface area contributed by atoms with E-state index in [0.29, 0.717) is 12.8 Å². The van der Waals surface area contributed by atoms with Gasteiger partial charge in [0.2, 0.25) is 0 Å². The second-order valence-corrected chi connectivity index (χ2v) is 16.6. The van der Waals surface area contributed by atoms with E-state index in [1.807, 2.05) is 0 Å². The van der Waals surface area contributed by atoms with Gasteiger partial charge in [-0.05, 0) is 51.4 Å². The van der Waals surface area contributed by atoms with Crippen LogP contribution in [0.5, 0.6) is 0 Å². The van der Waals surface area contributed by atoms with Crippen molar-refractivity contribution in [3.05, 3.63) is 36.5 Å². The molecule has 0 aliphatic rings. The Labute approximate surface area is 346 Å². The zero-order valence-electron chi connectivity index (χ0n) is 35.9. The van der Waals surface area contributed by atoms with Crippen LogP contribution in [0.2, 0.25) is 0 Å². The van der Waals surface area contributed by atoms with Crippen LogP contribution in [0.25, 0.3) is 0 Å². The summed E-state index contributed by atoms with van der Waals surface area (Å²) in [7, 11) is -4.72. The highest BCUT2D eigenvalue weighted by Gasteiger charge is 2.28. The van der Waals surface area contributed by atoms with Crippen molar-refractivity contribution in [2.45, 2.75) is 212 Å². The lowest BCUT2D eigenvalue weighted by atomic mass is 10.0. The van der Waals surface area contributed by atoms with Gasteiger partial charge < -0.3 is 25.2 Å². The minimum Gasteiger partial charge on any atom is -0.480 e. The molecule has 0 aromatic heterocycles. The molecule has 0 heterocycles. The van der Waals surface area contributed by atoms with Gasteiger partial charge >= 0.3 is 25.7 Å². The van der Waals surface area contributed by atoms with Crippen LogP contribution in [-0.4, -0.2) is 59.9 Å². The van der Waals surface area contributed by atoms with Crippen molar-refractivity contribution in [3.8, 4) is 0 Å². The number of hydrogen-bond donors (Lipinski definition) is 3. The van der Waals surface area contributed by atoms with Crippen LogP contribution in [-0.2, 0) is 37.5 Å². The smallest absolute Gasteiger partial charge is 0.472 e. The average molecular weight is 828 g/mol. The Kier molecular flexibility index (Phi) is 38.8. The minimum atomic E-state index is -4.72. The van der Waals surface area contributed by atoms with Crippen LogP contribution in [0.15, 0.2) is 36.5 Å². The number of nitrogens with two attached hydrogens (primary N) is 1. The summed E-state index contributed by atoms with van der Waals surface area (Å²) >= 11 is 0. The van der Waals surface area contributed by atoms with Gasteiger partial charge in [0.1, 0.15) is 12.6 Å². The monoisotopic (exact) mass is 828 g/mol. The quantitative estimate of drug-likeness (QED) is 0.0231. The molecule has 0 bridgehead atoms. The van der Waals surface area contributed by atoms with Crippen LogP contribution in [0.4, 0.5) is 0 Å². The molecule has 12 heteroatoms. The first-order valence-corrected chi connectivity index (χ1v) is 24.0. The fraction of sp³-hybridized carbons (Fsp3) is 0.800. The van der Waals surface area contributed by atoms with Crippen LogP contribution < -0.4 is 5.73 Å². The number of rotatable bonds is 42. The highest BCUT2D eigenvalue weighted by molar-refractivity contribution is 7.47. The van der Waals surface area contributed by atoms with Gasteiger partial charge in [-0.2, -0.15) is 0 Å². The van der Waals surface area contributed by atoms with Crippen molar-refractivity contribution >= 4 is 25.7 Å².